The number of nitrogens with zero attached hydrogens (tertiary/aromatic N) is 2. The number of imide groups is 1. The average Bonchev–Trinajstić information content (AvgIpc) is 3.06. The first-order valence-electron chi connectivity index (χ1n) is 8.13. The van der Waals surface area contributed by atoms with Gasteiger partial charge in [-0.15, -0.1) is 11.3 Å². The molecule has 0 bridgehead atoms. The molecule has 1 aliphatic heterocycles. The maximum absolute atomic E-state index is 12.7. The number of ether oxygens (including phenoxy) is 1. The van der Waals surface area contributed by atoms with Crippen LogP contribution in [-0.2, 0) is 20.9 Å². The van der Waals surface area contributed by atoms with Gasteiger partial charge in [0.05, 0.1) is 10.7 Å². The number of rotatable bonds is 4. The summed E-state index contributed by atoms with van der Waals surface area (Å²) in [5, 5.41) is 5.53. The van der Waals surface area contributed by atoms with E-state index in [-0.39, 0.29) is 25.0 Å². The van der Waals surface area contributed by atoms with Gasteiger partial charge in [0.1, 0.15) is 18.7 Å². The fourth-order valence-corrected chi connectivity index (χ4v) is 4.04. The predicted octanol–water partition coefficient (Wildman–Crippen LogP) is 2.00. The molecule has 3 rings (SSSR count). The molecule has 8 heteroatoms. The molecular formula is C16H21N3O4S. The minimum Gasteiger partial charge on any atom is -0.458 e. The summed E-state index contributed by atoms with van der Waals surface area (Å²) in [5.74, 6) is -0.840. The summed E-state index contributed by atoms with van der Waals surface area (Å²) in [6.07, 6.45) is 3.48. The number of amides is 3. The van der Waals surface area contributed by atoms with Crippen molar-refractivity contribution in [2.75, 3.05) is 6.54 Å². The molecule has 2 heterocycles. The van der Waals surface area contributed by atoms with Gasteiger partial charge in [-0.25, -0.2) is 9.78 Å². The van der Waals surface area contributed by atoms with Gasteiger partial charge >= 0.3 is 12.0 Å². The topological polar surface area (TPSA) is 88.6 Å². The van der Waals surface area contributed by atoms with Crippen LogP contribution in [0.2, 0.25) is 0 Å². The zero-order valence-corrected chi connectivity index (χ0v) is 14.6. The zero-order valence-electron chi connectivity index (χ0n) is 13.8. The van der Waals surface area contributed by atoms with Crippen LogP contribution >= 0.6 is 11.3 Å². The highest BCUT2D eigenvalue weighted by atomic mass is 32.1. The molecule has 0 unspecified atom stereocenters. The normalized spacial score (nSPS) is 26.8. The van der Waals surface area contributed by atoms with E-state index in [0.717, 1.165) is 29.2 Å². The van der Waals surface area contributed by atoms with E-state index in [1.165, 1.54) is 11.3 Å². The summed E-state index contributed by atoms with van der Waals surface area (Å²) in [5.41, 5.74) is -0.179. The molecule has 1 saturated carbocycles. The molecule has 2 fully saturated rings. The van der Waals surface area contributed by atoms with Crippen molar-refractivity contribution < 1.29 is 19.1 Å². The van der Waals surface area contributed by atoms with E-state index >= 15 is 0 Å². The Labute approximate surface area is 144 Å². The monoisotopic (exact) mass is 351 g/mol. The van der Waals surface area contributed by atoms with E-state index in [1.807, 2.05) is 19.2 Å². The lowest BCUT2D eigenvalue weighted by Crippen LogP contribution is -2.54. The Kier molecular flexibility index (Phi) is 4.58. The lowest BCUT2D eigenvalue weighted by atomic mass is 9.73. The lowest BCUT2D eigenvalue weighted by Gasteiger charge is -2.36. The molecule has 1 saturated heterocycles. The molecule has 1 aromatic heterocycles. The van der Waals surface area contributed by atoms with Crippen molar-refractivity contribution in [2.24, 2.45) is 5.92 Å². The van der Waals surface area contributed by atoms with Crippen LogP contribution in [0.1, 0.15) is 43.3 Å². The molecule has 2 aliphatic rings. The number of urea groups is 1. The van der Waals surface area contributed by atoms with Gasteiger partial charge < -0.3 is 10.1 Å². The molecule has 1 aromatic rings. The number of aryl methyl sites for hydroxylation is 1. The van der Waals surface area contributed by atoms with Crippen LogP contribution in [0.25, 0.3) is 0 Å². The Morgan fingerprint density at radius 1 is 1.50 bits per heavy atom. The number of esters is 1. The van der Waals surface area contributed by atoms with E-state index in [0.29, 0.717) is 12.1 Å². The Bertz CT molecular complexity index is 674. The van der Waals surface area contributed by atoms with Crippen LogP contribution < -0.4 is 5.32 Å². The number of nitrogens with one attached hydrogen (secondary N) is 1. The average molecular weight is 351 g/mol. The van der Waals surface area contributed by atoms with Gasteiger partial charge in [0.15, 0.2) is 0 Å². The number of aromatic nitrogens is 1. The second-order valence-electron chi connectivity index (χ2n) is 6.46. The maximum Gasteiger partial charge on any atom is 0.326 e. The number of hydrogen-bond acceptors (Lipinski definition) is 6. The summed E-state index contributed by atoms with van der Waals surface area (Å²) >= 11 is 1.47. The van der Waals surface area contributed by atoms with Gasteiger partial charge in [0.2, 0.25) is 0 Å². The van der Waals surface area contributed by atoms with E-state index in [2.05, 4.69) is 10.3 Å². The highest BCUT2D eigenvalue weighted by Gasteiger charge is 2.55. The van der Waals surface area contributed by atoms with Crippen molar-refractivity contribution in [1.82, 2.24) is 15.2 Å². The quantitative estimate of drug-likeness (QED) is 0.662. The van der Waals surface area contributed by atoms with Gasteiger partial charge in [-0.3, -0.25) is 14.5 Å². The summed E-state index contributed by atoms with van der Waals surface area (Å²) < 4.78 is 5.13. The highest BCUT2D eigenvalue weighted by Crippen LogP contribution is 2.38. The van der Waals surface area contributed by atoms with Crippen LogP contribution in [0.15, 0.2) is 5.38 Å². The third kappa shape index (κ3) is 3.02. The van der Waals surface area contributed by atoms with Gasteiger partial charge in [-0.1, -0.05) is 19.8 Å². The van der Waals surface area contributed by atoms with Crippen molar-refractivity contribution in [3.63, 3.8) is 0 Å². The predicted molar refractivity (Wildman–Crippen MR) is 87.3 cm³/mol. The third-order valence-electron chi connectivity index (χ3n) is 4.84. The smallest absolute Gasteiger partial charge is 0.326 e. The van der Waals surface area contributed by atoms with E-state index in [4.69, 9.17) is 4.74 Å². The van der Waals surface area contributed by atoms with Crippen LogP contribution in [0.4, 0.5) is 4.79 Å². The van der Waals surface area contributed by atoms with Crippen molar-refractivity contribution in [1.29, 1.82) is 0 Å². The second kappa shape index (κ2) is 6.51. The Morgan fingerprint density at radius 2 is 2.29 bits per heavy atom. The summed E-state index contributed by atoms with van der Waals surface area (Å²) in [6.45, 7) is 3.54. The standard InChI is InChI=1S/C16H21N3O4S/c1-10-5-3-4-6-16(10)14(21)19(15(22)18-16)7-13(20)23-8-12-9-24-11(2)17-12/h9-10H,3-8H2,1-2H3,(H,18,22)/t10-,16-/m1/s1. The maximum atomic E-state index is 12.7. The first kappa shape index (κ1) is 16.9. The van der Waals surface area contributed by atoms with Crippen LogP contribution in [0.3, 0.4) is 0 Å². The molecule has 7 nitrogen and oxygen atoms in total. The van der Waals surface area contributed by atoms with Crippen LogP contribution in [-0.4, -0.2) is 39.9 Å². The molecule has 130 valence electrons. The molecule has 2 atom stereocenters. The SMILES string of the molecule is Cc1nc(COC(=O)CN2C(=O)N[C@@]3(CCCC[C@H]3C)C2=O)cs1. The van der Waals surface area contributed by atoms with Crippen molar-refractivity contribution in [3.8, 4) is 0 Å². The summed E-state index contributed by atoms with van der Waals surface area (Å²) in [7, 11) is 0. The highest BCUT2D eigenvalue weighted by molar-refractivity contribution is 7.09. The molecule has 3 amide bonds. The summed E-state index contributed by atoms with van der Waals surface area (Å²) in [4.78, 5) is 42.1. The lowest BCUT2D eigenvalue weighted by molar-refractivity contribution is -0.149. The molecule has 1 spiro atoms. The Balaban J connectivity index is 1.61. The fraction of sp³-hybridized carbons (Fsp3) is 0.625. The first-order valence-corrected chi connectivity index (χ1v) is 9.01. The van der Waals surface area contributed by atoms with E-state index in [1.54, 1.807) is 0 Å². The molecule has 24 heavy (non-hydrogen) atoms. The zero-order chi connectivity index (χ0) is 17.3. The largest absolute Gasteiger partial charge is 0.458 e. The molecule has 1 aliphatic carbocycles. The van der Waals surface area contributed by atoms with Crippen LogP contribution in [0.5, 0.6) is 0 Å². The number of hydrogen-bond donors (Lipinski definition) is 1. The number of carbonyl (C=O) groups excluding carboxylic acids is 3. The minimum absolute atomic E-state index is 0.0500. The van der Waals surface area contributed by atoms with Crippen molar-refractivity contribution in [3.05, 3.63) is 16.1 Å². The van der Waals surface area contributed by atoms with Crippen molar-refractivity contribution >= 4 is 29.2 Å². The second-order valence-corrected chi connectivity index (χ2v) is 7.52. The Hall–Kier alpha value is -1.96. The molecule has 0 radical (unpaired) electrons. The third-order valence-corrected chi connectivity index (χ3v) is 5.66. The molecule has 1 N–H and O–H groups in total. The number of thiazole rings is 1. The Morgan fingerprint density at radius 3 is 2.96 bits per heavy atom. The van der Waals surface area contributed by atoms with E-state index in [9.17, 15) is 14.4 Å². The van der Waals surface area contributed by atoms with Gasteiger partial charge in [0, 0.05) is 5.38 Å². The number of carbonyl (C=O) groups is 3. The first-order chi connectivity index (χ1) is 11.4. The molecule has 0 aromatic carbocycles. The van der Waals surface area contributed by atoms with Crippen molar-refractivity contribution in [2.45, 2.75) is 51.7 Å². The minimum atomic E-state index is -0.846. The molecular weight excluding hydrogens is 330 g/mol. The van der Waals surface area contributed by atoms with Gasteiger partial charge in [0.25, 0.3) is 5.91 Å². The summed E-state index contributed by atoms with van der Waals surface area (Å²) in [6, 6.07) is -0.504. The van der Waals surface area contributed by atoms with E-state index < -0.39 is 17.5 Å². The van der Waals surface area contributed by atoms with Crippen LogP contribution in [0, 0.1) is 12.8 Å². The fourth-order valence-electron chi connectivity index (χ4n) is 3.44. The van der Waals surface area contributed by atoms with Gasteiger partial charge in [-0.05, 0) is 25.7 Å². The van der Waals surface area contributed by atoms with Gasteiger partial charge in [-0.2, -0.15) is 0 Å².